The first-order valence-electron chi connectivity index (χ1n) is 7.58. The average Bonchev–Trinajstić information content (AvgIpc) is 2.63. The van der Waals surface area contributed by atoms with E-state index in [0.717, 1.165) is 5.56 Å². The van der Waals surface area contributed by atoms with E-state index in [1.807, 2.05) is 26.8 Å². The van der Waals surface area contributed by atoms with E-state index in [1.54, 1.807) is 18.1 Å². The summed E-state index contributed by atoms with van der Waals surface area (Å²) in [6.07, 6.45) is 0.800. The molecule has 1 amide bonds. The van der Waals surface area contributed by atoms with Gasteiger partial charge in [0.15, 0.2) is 0 Å². The largest absolute Gasteiger partial charge is 0.444 e. The Morgan fingerprint density at radius 3 is 2.59 bits per heavy atom. The van der Waals surface area contributed by atoms with Crippen LogP contribution in [0.5, 0.6) is 0 Å². The van der Waals surface area contributed by atoms with E-state index >= 15 is 0 Å². The predicted octanol–water partition coefficient (Wildman–Crippen LogP) is 3.31. The van der Waals surface area contributed by atoms with Crippen molar-refractivity contribution in [2.45, 2.75) is 45.8 Å². The third kappa shape index (κ3) is 3.97. The molecule has 122 valence electrons. The van der Waals surface area contributed by atoms with E-state index in [4.69, 9.17) is 9.47 Å². The Hall–Kier alpha value is -1.62. The molecule has 0 aromatic heterocycles. The fourth-order valence-electron chi connectivity index (χ4n) is 2.60. The highest BCUT2D eigenvalue weighted by Crippen LogP contribution is 2.23. The number of hydrogen-bond acceptors (Lipinski definition) is 3. The monoisotopic (exact) mass is 309 g/mol. The number of hydrogen-bond donors (Lipinski definition) is 0. The molecule has 1 aliphatic heterocycles. The van der Waals surface area contributed by atoms with Crippen molar-refractivity contribution in [2.24, 2.45) is 0 Å². The van der Waals surface area contributed by atoms with Crippen molar-refractivity contribution in [3.8, 4) is 0 Å². The van der Waals surface area contributed by atoms with Crippen LogP contribution in [0, 0.1) is 5.82 Å². The van der Waals surface area contributed by atoms with Gasteiger partial charge >= 0.3 is 6.09 Å². The molecular weight excluding hydrogens is 285 g/mol. The molecule has 1 heterocycles. The van der Waals surface area contributed by atoms with Crippen LogP contribution in [0.15, 0.2) is 12.1 Å². The summed E-state index contributed by atoms with van der Waals surface area (Å²) in [4.78, 5) is 13.8. The molecule has 1 aromatic carbocycles. The van der Waals surface area contributed by atoms with Gasteiger partial charge in [0.05, 0.1) is 6.61 Å². The highest BCUT2D eigenvalue weighted by atomic mass is 19.1. The highest BCUT2D eigenvalue weighted by Gasteiger charge is 2.25. The number of ether oxygens (including phenoxy) is 2. The van der Waals surface area contributed by atoms with Crippen LogP contribution >= 0.6 is 0 Å². The third-order valence-electron chi connectivity index (χ3n) is 3.65. The van der Waals surface area contributed by atoms with Gasteiger partial charge in [0.2, 0.25) is 0 Å². The maximum Gasteiger partial charge on any atom is 0.410 e. The summed E-state index contributed by atoms with van der Waals surface area (Å²) < 4.78 is 24.9. The van der Waals surface area contributed by atoms with Gasteiger partial charge in [-0.2, -0.15) is 0 Å². The van der Waals surface area contributed by atoms with Crippen LogP contribution in [0.1, 0.15) is 37.5 Å². The van der Waals surface area contributed by atoms with Gasteiger partial charge in [0.1, 0.15) is 11.4 Å². The topological polar surface area (TPSA) is 38.8 Å². The molecule has 0 spiro atoms. The number of fused-ring (bicyclic) bond motifs is 1. The molecule has 0 aliphatic carbocycles. The minimum atomic E-state index is -0.521. The summed E-state index contributed by atoms with van der Waals surface area (Å²) in [7, 11) is 1.55. The molecule has 1 aromatic rings. The predicted molar refractivity (Wildman–Crippen MR) is 82.3 cm³/mol. The summed E-state index contributed by atoms with van der Waals surface area (Å²) in [5.74, 6) is -0.203. The lowest BCUT2D eigenvalue weighted by Crippen LogP contribution is -2.38. The summed E-state index contributed by atoms with van der Waals surface area (Å²) in [5.41, 5.74) is 1.70. The second kappa shape index (κ2) is 6.65. The second-order valence-electron chi connectivity index (χ2n) is 6.58. The summed E-state index contributed by atoms with van der Waals surface area (Å²) in [5, 5.41) is 0. The third-order valence-corrected chi connectivity index (χ3v) is 3.65. The number of halogens is 1. The van der Waals surface area contributed by atoms with E-state index in [0.29, 0.717) is 37.1 Å². The Morgan fingerprint density at radius 2 is 1.95 bits per heavy atom. The molecule has 0 saturated carbocycles. The SMILES string of the molecule is COCc1ccc2c(c1F)CCN(C(=O)OC(C)(C)C)CC2. The van der Waals surface area contributed by atoms with E-state index in [2.05, 4.69) is 0 Å². The van der Waals surface area contributed by atoms with Crippen LogP contribution in [0.3, 0.4) is 0 Å². The number of carbonyl (C=O) groups is 1. The smallest absolute Gasteiger partial charge is 0.410 e. The molecule has 0 radical (unpaired) electrons. The van der Waals surface area contributed by atoms with E-state index in [-0.39, 0.29) is 18.5 Å². The maximum absolute atomic E-state index is 14.5. The highest BCUT2D eigenvalue weighted by molar-refractivity contribution is 5.68. The lowest BCUT2D eigenvalue weighted by molar-refractivity contribution is 0.0258. The van der Waals surface area contributed by atoms with Crippen LogP contribution in [0.25, 0.3) is 0 Å². The fourth-order valence-corrected chi connectivity index (χ4v) is 2.60. The van der Waals surface area contributed by atoms with Crippen LogP contribution in [0.2, 0.25) is 0 Å². The molecule has 2 rings (SSSR count). The molecule has 5 heteroatoms. The van der Waals surface area contributed by atoms with Gasteiger partial charge in [-0.3, -0.25) is 0 Å². The van der Waals surface area contributed by atoms with E-state index in [1.165, 1.54) is 0 Å². The van der Waals surface area contributed by atoms with Crippen molar-refractivity contribution < 1.29 is 18.7 Å². The zero-order valence-corrected chi connectivity index (χ0v) is 13.7. The fraction of sp³-hybridized carbons (Fsp3) is 0.588. The van der Waals surface area contributed by atoms with Crippen molar-refractivity contribution in [1.29, 1.82) is 0 Å². The van der Waals surface area contributed by atoms with Gasteiger partial charge in [0.25, 0.3) is 0 Å². The summed E-state index contributed by atoms with van der Waals surface area (Å²) >= 11 is 0. The zero-order valence-electron chi connectivity index (χ0n) is 13.7. The Bertz CT molecular complexity index is 552. The Labute approximate surface area is 131 Å². The molecule has 0 unspecified atom stereocenters. The van der Waals surface area contributed by atoms with Gasteiger partial charge < -0.3 is 14.4 Å². The van der Waals surface area contributed by atoms with Gasteiger partial charge in [-0.1, -0.05) is 12.1 Å². The zero-order chi connectivity index (χ0) is 16.3. The number of methoxy groups -OCH3 is 1. The van der Waals surface area contributed by atoms with Crippen LogP contribution in [0.4, 0.5) is 9.18 Å². The molecule has 0 saturated heterocycles. The number of carbonyl (C=O) groups excluding carboxylic acids is 1. The molecule has 4 nitrogen and oxygen atoms in total. The van der Waals surface area contributed by atoms with E-state index in [9.17, 15) is 9.18 Å². The maximum atomic E-state index is 14.5. The molecular formula is C17H24FNO3. The second-order valence-corrected chi connectivity index (χ2v) is 6.58. The Balaban J connectivity index is 2.13. The summed E-state index contributed by atoms with van der Waals surface area (Å²) in [6, 6.07) is 3.70. The first-order chi connectivity index (χ1) is 10.3. The molecule has 0 N–H and O–H groups in total. The summed E-state index contributed by atoms with van der Waals surface area (Å²) in [6.45, 7) is 6.80. The van der Waals surface area contributed by atoms with Crippen LogP contribution in [-0.2, 0) is 28.9 Å². The molecule has 0 bridgehead atoms. The lowest BCUT2D eigenvalue weighted by atomic mass is 9.99. The first kappa shape index (κ1) is 16.7. The minimum absolute atomic E-state index is 0.203. The molecule has 0 atom stereocenters. The number of rotatable bonds is 2. The van der Waals surface area contributed by atoms with Crippen molar-refractivity contribution in [3.63, 3.8) is 0 Å². The average molecular weight is 309 g/mol. The quantitative estimate of drug-likeness (QED) is 0.841. The molecule has 1 aliphatic rings. The Morgan fingerprint density at radius 1 is 1.27 bits per heavy atom. The van der Waals surface area contributed by atoms with Crippen LogP contribution in [-0.4, -0.2) is 36.8 Å². The molecule has 0 fully saturated rings. The van der Waals surface area contributed by atoms with Gasteiger partial charge in [-0.15, -0.1) is 0 Å². The standard InChI is InChI=1S/C17H24FNO3/c1-17(2,3)22-16(20)19-9-7-12-5-6-13(11-21-4)15(18)14(12)8-10-19/h5-6H,7-11H2,1-4H3. The van der Waals surface area contributed by atoms with Crippen molar-refractivity contribution in [1.82, 2.24) is 4.90 Å². The number of benzene rings is 1. The van der Waals surface area contributed by atoms with Crippen LogP contribution < -0.4 is 0 Å². The van der Waals surface area contributed by atoms with Gasteiger partial charge in [0, 0.05) is 25.8 Å². The number of nitrogens with zero attached hydrogens (tertiary/aromatic N) is 1. The lowest BCUT2D eigenvalue weighted by Gasteiger charge is -2.26. The van der Waals surface area contributed by atoms with Crippen molar-refractivity contribution in [2.75, 3.05) is 20.2 Å². The van der Waals surface area contributed by atoms with E-state index < -0.39 is 5.60 Å². The minimum Gasteiger partial charge on any atom is -0.444 e. The van der Waals surface area contributed by atoms with Crippen molar-refractivity contribution >= 4 is 6.09 Å². The van der Waals surface area contributed by atoms with Crippen molar-refractivity contribution in [3.05, 3.63) is 34.6 Å². The number of amides is 1. The molecule has 22 heavy (non-hydrogen) atoms. The Kier molecular flexibility index (Phi) is 5.06. The first-order valence-corrected chi connectivity index (χ1v) is 7.58. The normalized spacial score (nSPS) is 15.2. The van der Waals surface area contributed by atoms with Gasteiger partial charge in [-0.25, -0.2) is 9.18 Å². The van der Waals surface area contributed by atoms with Gasteiger partial charge in [-0.05, 0) is 44.7 Å².